The summed E-state index contributed by atoms with van der Waals surface area (Å²) >= 11 is 0. The Kier molecular flexibility index (Phi) is 51.3. The molecule has 24 nitrogen and oxygen atoms in total. The summed E-state index contributed by atoms with van der Waals surface area (Å²) in [6.07, 6.45) is 20.4. The fraction of sp³-hybridized carbons (Fsp3) is 0.595. The van der Waals surface area contributed by atoms with E-state index in [1.165, 1.54) is 77.0 Å². The summed E-state index contributed by atoms with van der Waals surface area (Å²) in [5.41, 5.74) is 3.10. The molecule has 8 N–H and O–H groups in total. The van der Waals surface area contributed by atoms with Gasteiger partial charge in [0.2, 0.25) is 24.0 Å². The van der Waals surface area contributed by atoms with Crippen molar-refractivity contribution in [1.29, 1.82) is 0 Å². The number of carbonyl (C=O) groups excluding carboxylic acids is 10. The van der Waals surface area contributed by atoms with E-state index in [2.05, 4.69) is 56.4 Å². The van der Waals surface area contributed by atoms with Gasteiger partial charge in [0.15, 0.2) is 0 Å². The van der Waals surface area contributed by atoms with Crippen LogP contribution < -0.4 is 42.5 Å². The quantitative estimate of drug-likeness (QED) is 0.0116. The van der Waals surface area contributed by atoms with Gasteiger partial charge < -0.3 is 71.0 Å². The van der Waals surface area contributed by atoms with Gasteiger partial charge in [0.1, 0.15) is 38.5 Å². The predicted molar refractivity (Wildman–Crippen MR) is 416 cm³/mol. The first kappa shape index (κ1) is 91.2. The van der Waals surface area contributed by atoms with E-state index in [0.717, 1.165) is 86.5 Å². The number of amides is 8. The van der Waals surface area contributed by atoms with Crippen molar-refractivity contribution in [2.75, 3.05) is 39.3 Å². The van der Waals surface area contributed by atoms with E-state index >= 15 is 9.59 Å². The number of unbranched alkanes of at least 4 members (excludes halogenated alkanes) is 26. The highest BCUT2D eigenvalue weighted by molar-refractivity contribution is 5.97. The molecule has 0 bridgehead atoms. The molecule has 4 rings (SSSR count). The minimum Gasteiger partial charge on any atom is -0.448 e. The summed E-state index contributed by atoms with van der Waals surface area (Å²) in [4.78, 5) is 139. The molecular formula is C84H126N8O16. The lowest BCUT2D eigenvalue weighted by Crippen LogP contribution is -2.59. The first-order chi connectivity index (χ1) is 52.7. The molecule has 0 aliphatic heterocycles. The normalized spacial score (nSPS) is 12.0. The largest absolute Gasteiger partial charge is 0.448 e. The van der Waals surface area contributed by atoms with E-state index in [9.17, 15) is 38.4 Å². The molecule has 4 aromatic carbocycles. The summed E-state index contributed by atoms with van der Waals surface area (Å²) in [5.74, 6) is -5.60. The lowest BCUT2D eigenvalue weighted by Gasteiger charge is -2.29. The Balaban J connectivity index is 1.63. The average molecular weight is 1500 g/mol. The number of carbonyl (C=O) groups is 10. The van der Waals surface area contributed by atoms with Gasteiger partial charge >= 0.3 is 36.3 Å². The fourth-order valence-electron chi connectivity index (χ4n) is 11.9. The van der Waals surface area contributed by atoms with E-state index in [0.29, 0.717) is 38.5 Å². The highest BCUT2D eigenvalue weighted by Crippen LogP contribution is 2.19. The van der Waals surface area contributed by atoms with Gasteiger partial charge in [-0.05, 0) is 73.6 Å². The molecule has 0 radical (unpaired) electrons. The van der Waals surface area contributed by atoms with Crippen LogP contribution in [0.4, 0.5) is 19.2 Å². The van der Waals surface area contributed by atoms with Crippen molar-refractivity contribution in [3.05, 3.63) is 144 Å². The van der Waals surface area contributed by atoms with Crippen LogP contribution in [-0.2, 0) is 83.6 Å². The Labute approximate surface area is 641 Å². The van der Waals surface area contributed by atoms with E-state index < -0.39 is 84.2 Å². The molecule has 0 fully saturated rings. The molecule has 0 spiro atoms. The number of rotatable bonds is 61. The van der Waals surface area contributed by atoms with Crippen LogP contribution in [0.5, 0.6) is 0 Å². The monoisotopic (exact) mass is 1500 g/mol. The minimum atomic E-state index is -2.23. The standard InChI is InChI=1S/C84H126N8O16/c1-3-5-7-9-11-13-15-17-19-21-23-25-39-55-73(93)107-75(79(97)91-71(53-41-43-57-87-81(99)103-63-67-45-31-27-32-46-67)77(95)85-59-61-89-83(101)105-65-69-49-35-29-36-50-69)76(108-74(94)56-40-26-24-22-20-18-16-14-12-10-8-6-4-2)80(98)92-72(54-42-44-58-88-82(100)104-64-68-47-33-28-34-48-68)78(96)86-60-62-90-84(102)106-66-70-51-37-30-38-52-70/h27-38,45-52,71-72,75-76H,3-26,39-44,53-66H2,1-2H3,(H,85,95)(H,86,96)(H,87,99)(H,88,100)(H,89,101)(H,90,102)(H,91,97)(H,92,98)/t71-,72-,75+,76+/m0/s1. The second-order valence-electron chi connectivity index (χ2n) is 27.5. The van der Waals surface area contributed by atoms with Crippen LogP contribution in [0.3, 0.4) is 0 Å². The lowest BCUT2D eigenvalue weighted by molar-refractivity contribution is -0.177. The molecule has 0 aromatic heterocycles. The average Bonchev–Trinajstić information content (AvgIpc) is 0.829. The molecule has 0 saturated heterocycles. The Morgan fingerprint density at radius 2 is 0.509 bits per heavy atom. The van der Waals surface area contributed by atoms with Gasteiger partial charge in [0.25, 0.3) is 11.8 Å². The highest BCUT2D eigenvalue weighted by Gasteiger charge is 2.43. The maximum Gasteiger partial charge on any atom is 0.407 e. The van der Waals surface area contributed by atoms with Crippen LogP contribution in [-0.4, -0.2) is 124 Å². The summed E-state index contributed by atoms with van der Waals surface area (Å²) in [7, 11) is 0. The molecule has 0 aliphatic rings. The SMILES string of the molecule is CCCCCCCCCCCCCCCC(=O)O[C@@H](C(=O)N[C@@H](CCCCNC(=O)OCc1ccccc1)C(=O)NCCNC(=O)OCc1ccccc1)[C@@H](OC(=O)CCCCCCCCCCCCCCC)C(=O)N[C@@H](CCCCNC(=O)OCc1ccccc1)C(=O)NCCNC(=O)OCc1ccccc1. The Bertz CT molecular complexity index is 2890. The van der Waals surface area contributed by atoms with Crippen molar-refractivity contribution < 1.29 is 76.4 Å². The summed E-state index contributed by atoms with van der Waals surface area (Å²) in [6, 6.07) is 33.6. The van der Waals surface area contributed by atoms with Gasteiger partial charge in [-0.1, -0.05) is 289 Å². The Morgan fingerprint density at radius 3 is 0.778 bits per heavy atom. The van der Waals surface area contributed by atoms with Crippen LogP contribution in [0.25, 0.3) is 0 Å². The zero-order valence-electron chi connectivity index (χ0n) is 64.5. The predicted octanol–water partition coefficient (Wildman–Crippen LogP) is 15.0. The lowest BCUT2D eigenvalue weighted by atomic mass is 10.0. The summed E-state index contributed by atoms with van der Waals surface area (Å²) in [6.45, 7) is 4.28. The minimum absolute atomic E-state index is 0.0000864. The van der Waals surface area contributed by atoms with E-state index in [4.69, 9.17) is 28.4 Å². The second-order valence-corrected chi connectivity index (χ2v) is 27.5. The van der Waals surface area contributed by atoms with Crippen molar-refractivity contribution in [1.82, 2.24) is 42.5 Å². The third kappa shape index (κ3) is 46.1. The number of ether oxygens (including phenoxy) is 6. The molecule has 0 heterocycles. The molecule has 24 heteroatoms. The first-order valence-corrected chi connectivity index (χ1v) is 40.1. The zero-order chi connectivity index (χ0) is 77.5. The zero-order valence-corrected chi connectivity index (χ0v) is 64.5. The number of hydrogen-bond donors (Lipinski definition) is 8. The second kappa shape index (κ2) is 60.8. The van der Waals surface area contributed by atoms with Crippen LogP contribution in [0.15, 0.2) is 121 Å². The van der Waals surface area contributed by atoms with Gasteiger partial charge in [0.05, 0.1) is 0 Å². The summed E-state index contributed by atoms with van der Waals surface area (Å²) < 4.78 is 33.5. The van der Waals surface area contributed by atoms with Gasteiger partial charge in [-0.25, -0.2) is 19.2 Å². The molecule has 0 aliphatic carbocycles. The topological polar surface area (TPSA) is 322 Å². The maximum atomic E-state index is 15.3. The Morgan fingerprint density at radius 1 is 0.269 bits per heavy atom. The van der Waals surface area contributed by atoms with Crippen LogP contribution in [0, 0.1) is 0 Å². The molecule has 0 unspecified atom stereocenters. The van der Waals surface area contributed by atoms with Gasteiger partial charge in [0, 0.05) is 52.1 Å². The van der Waals surface area contributed by atoms with Crippen LogP contribution in [0.2, 0.25) is 0 Å². The molecule has 598 valence electrons. The number of nitrogens with one attached hydrogen (secondary N) is 8. The first-order valence-electron chi connectivity index (χ1n) is 40.1. The third-order valence-electron chi connectivity index (χ3n) is 18.2. The molecule has 108 heavy (non-hydrogen) atoms. The van der Waals surface area contributed by atoms with Gasteiger partial charge in [-0.15, -0.1) is 0 Å². The van der Waals surface area contributed by atoms with Crippen molar-refractivity contribution in [2.24, 2.45) is 0 Å². The van der Waals surface area contributed by atoms with Crippen molar-refractivity contribution in [2.45, 2.75) is 283 Å². The molecule has 8 amide bonds. The highest BCUT2D eigenvalue weighted by atomic mass is 16.6. The molecular weight excluding hydrogens is 1380 g/mol. The maximum absolute atomic E-state index is 15.3. The number of hydrogen-bond acceptors (Lipinski definition) is 16. The fourth-order valence-corrected chi connectivity index (χ4v) is 11.9. The van der Waals surface area contributed by atoms with Gasteiger partial charge in [-0.2, -0.15) is 0 Å². The van der Waals surface area contributed by atoms with Crippen molar-refractivity contribution >= 4 is 59.9 Å². The van der Waals surface area contributed by atoms with E-state index in [1.54, 1.807) is 24.3 Å². The molecule has 4 atom stereocenters. The molecule has 4 aromatic rings. The van der Waals surface area contributed by atoms with Crippen LogP contribution in [0.1, 0.15) is 254 Å². The van der Waals surface area contributed by atoms with Crippen molar-refractivity contribution in [3.63, 3.8) is 0 Å². The number of benzene rings is 4. The smallest absolute Gasteiger partial charge is 0.407 e. The van der Waals surface area contributed by atoms with Gasteiger partial charge in [-0.3, -0.25) is 28.8 Å². The molecule has 0 saturated carbocycles. The third-order valence-corrected chi connectivity index (χ3v) is 18.2. The number of esters is 2. The van der Waals surface area contributed by atoms with E-state index in [-0.39, 0.29) is 104 Å². The summed E-state index contributed by atoms with van der Waals surface area (Å²) in [5, 5.41) is 21.4. The van der Waals surface area contributed by atoms with Crippen LogP contribution >= 0.6 is 0 Å². The number of alkyl carbamates (subject to hydrolysis) is 4. The van der Waals surface area contributed by atoms with Crippen molar-refractivity contribution in [3.8, 4) is 0 Å². The van der Waals surface area contributed by atoms with E-state index in [1.807, 2.05) is 97.1 Å². The Hall–Kier alpha value is -9.22.